The molecule has 0 atom stereocenters. The van der Waals surface area contributed by atoms with Crippen LogP contribution in [-0.2, 0) is 0 Å². The summed E-state index contributed by atoms with van der Waals surface area (Å²) < 4.78 is 0. The Hall–Kier alpha value is -1.62. The highest BCUT2D eigenvalue weighted by atomic mass is 16.1. The highest BCUT2D eigenvalue weighted by Crippen LogP contribution is 2.24. The van der Waals surface area contributed by atoms with E-state index in [0.29, 0.717) is 11.5 Å². The highest BCUT2D eigenvalue weighted by Gasteiger charge is 2.23. The van der Waals surface area contributed by atoms with Crippen LogP contribution in [0.5, 0.6) is 0 Å². The fourth-order valence-electron chi connectivity index (χ4n) is 2.67. The number of primary amides is 1. The number of aryl methyl sites for hydroxylation is 1. The molecule has 1 fully saturated rings. The van der Waals surface area contributed by atoms with Gasteiger partial charge in [-0.1, -0.05) is 6.92 Å². The van der Waals surface area contributed by atoms with Gasteiger partial charge in [-0.2, -0.15) is 0 Å². The zero-order valence-corrected chi connectivity index (χ0v) is 12.4. The Labute approximate surface area is 120 Å². The third-order valence-corrected chi connectivity index (χ3v) is 3.88. The minimum absolute atomic E-state index is 0.401. The van der Waals surface area contributed by atoms with Gasteiger partial charge in [0, 0.05) is 18.8 Å². The van der Waals surface area contributed by atoms with Crippen molar-refractivity contribution < 1.29 is 4.79 Å². The third kappa shape index (κ3) is 3.48. The Balaban J connectivity index is 2.06. The Morgan fingerprint density at radius 3 is 2.75 bits per heavy atom. The molecule has 1 aliphatic rings. The van der Waals surface area contributed by atoms with Crippen LogP contribution in [0.1, 0.15) is 35.8 Å². The second-order valence-corrected chi connectivity index (χ2v) is 5.43. The van der Waals surface area contributed by atoms with Crippen molar-refractivity contribution in [1.82, 2.24) is 10.3 Å². The molecule has 0 unspecified atom stereocenters. The topological polar surface area (TPSA) is 71.2 Å². The molecule has 0 aromatic carbocycles. The average Bonchev–Trinajstić information content (AvgIpc) is 2.45. The van der Waals surface area contributed by atoms with Gasteiger partial charge in [0.1, 0.15) is 5.82 Å². The fraction of sp³-hybridized carbons (Fsp3) is 0.600. The lowest BCUT2D eigenvalue weighted by Crippen LogP contribution is -2.38. The number of nitrogens with two attached hydrogens (primary N) is 1. The number of hydrogen-bond donors (Lipinski definition) is 2. The van der Waals surface area contributed by atoms with Crippen LogP contribution in [0.2, 0.25) is 0 Å². The van der Waals surface area contributed by atoms with Crippen molar-refractivity contribution in [3.8, 4) is 0 Å². The van der Waals surface area contributed by atoms with E-state index in [4.69, 9.17) is 5.73 Å². The Morgan fingerprint density at radius 1 is 1.45 bits per heavy atom. The molecule has 5 nitrogen and oxygen atoms in total. The molecule has 1 amide bonds. The summed E-state index contributed by atoms with van der Waals surface area (Å²) in [6.45, 7) is 8.04. The van der Waals surface area contributed by atoms with Gasteiger partial charge in [0.25, 0.3) is 5.91 Å². The number of carbonyl (C=O) groups excluding carboxylic acids is 1. The van der Waals surface area contributed by atoms with E-state index in [-0.39, 0.29) is 0 Å². The van der Waals surface area contributed by atoms with Gasteiger partial charge in [-0.05, 0) is 50.9 Å². The minimum atomic E-state index is -0.401. The van der Waals surface area contributed by atoms with Gasteiger partial charge in [0.2, 0.25) is 0 Å². The molecular weight excluding hydrogens is 252 g/mol. The number of nitrogens with zero attached hydrogens (tertiary/aromatic N) is 2. The maximum absolute atomic E-state index is 11.5. The predicted octanol–water partition coefficient (Wildman–Crippen LogP) is 1.31. The number of hydrogen-bond acceptors (Lipinski definition) is 4. The van der Waals surface area contributed by atoms with Crippen LogP contribution < -0.4 is 16.0 Å². The number of amides is 1. The van der Waals surface area contributed by atoms with E-state index in [1.807, 2.05) is 13.0 Å². The molecular formula is C15H24N4O. The maximum atomic E-state index is 11.5. The first-order chi connectivity index (χ1) is 9.61. The number of rotatable bonds is 5. The molecule has 2 rings (SSSR count). The number of pyridine rings is 1. The van der Waals surface area contributed by atoms with Gasteiger partial charge in [0.15, 0.2) is 0 Å². The van der Waals surface area contributed by atoms with Crippen molar-refractivity contribution in [2.75, 3.05) is 31.1 Å². The standard InChI is InChI=1S/C15H24N4O/c1-3-17-10-12-6-8-19(9-7-12)15-13(14(16)20)5-4-11(2)18-15/h4-5,12,17H,3,6-10H2,1-2H3,(H2,16,20). The molecule has 0 saturated carbocycles. The number of aromatic nitrogens is 1. The van der Waals surface area contributed by atoms with Crippen LogP contribution in [0.25, 0.3) is 0 Å². The van der Waals surface area contributed by atoms with Gasteiger partial charge in [-0.15, -0.1) is 0 Å². The van der Waals surface area contributed by atoms with Crippen molar-refractivity contribution in [2.45, 2.75) is 26.7 Å². The molecule has 1 aromatic rings. The van der Waals surface area contributed by atoms with Gasteiger partial charge < -0.3 is 16.0 Å². The summed E-state index contributed by atoms with van der Waals surface area (Å²) in [7, 11) is 0. The first-order valence-electron chi connectivity index (χ1n) is 7.35. The molecule has 5 heteroatoms. The Morgan fingerprint density at radius 2 is 2.15 bits per heavy atom. The van der Waals surface area contributed by atoms with E-state index >= 15 is 0 Å². The quantitative estimate of drug-likeness (QED) is 0.850. The van der Waals surface area contributed by atoms with E-state index in [1.54, 1.807) is 6.07 Å². The predicted molar refractivity (Wildman–Crippen MR) is 81.0 cm³/mol. The van der Waals surface area contributed by atoms with Gasteiger partial charge >= 0.3 is 0 Å². The normalized spacial score (nSPS) is 16.4. The van der Waals surface area contributed by atoms with Gasteiger partial charge in [-0.25, -0.2) is 4.98 Å². The molecule has 3 N–H and O–H groups in total. The smallest absolute Gasteiger partial charge is 0.252 e. The van der Waals surface area contributed by atoms with Crippen molar-refractivity contribution in [3.05, 3.63) is 23.4 Å². The lowest BCUT2D eigenvalue weighted by atomic mass is 9.96. The molecule has 1 aliphatic heterocycles. The molecule has 20 heavy (non-hydrogen) atoms. The summed E-state index contributed by atoms with van der Waals surface area (Å²) in [4.78, 5) is 18.2. The van der Waals surface area contributed by atoms with Crippen molar-refractivity contribution >= 4 is 11.7 Å². The van der Waals surface area contributed by atoms with E-state index in [2.05, 4.69) is 22.1 Å². The highest BCUT2D eigenvalue weighted by molar-refractivity contribution is 5.97. The largest absolute Gasteiger partial charge is 0.365 e. The summed E-state index contributed by atoms with van der Waals surface area (Å²) >= 11 is 0. The maximum Gasteiger partial charge on any atom is 0.252 e. The molecule has 0 aliphatic carbocycles. The SMILES string of the molecule is CCNCC1CCN(c2nc(C)ccc2C(N)=O)CC1. The van der Waals surface area contributed by atoms with Crippen LogP contribution in [-0.4, -0.2) is 37.1 Å². The molecule has 1 saturated heterocycles. The van der Waals surface area contributed by atoms with Crippen LogP contribution in [0.3, 0.4) is 0 Å². The lowest BCUT2D eigenvalue weighted by Gasteiger charge is -2.33. The van der Waals surface area contributed by atoms with Crippen LogP contribution in [0.4, 0.5) is 5.82 Å². The molecule has 110 valence electrons. The lowest BCUT2D eigenvalue weighted by molar-refractivity contribution is 0.100. The fourth-order valence-corrected chi connectivity index (χ4v) is 2.67. The summed E-state index contributed by atoms with van der Waals surface area (Å²) in [6, 6.07) is 3.62. The number of nitrogens with one attached hydrogen (secondary N) is 1. The first-order valence-corrected chi connectivity index (χ1v) is 7.35. The number of piperidine rings is 1. The molecule has 2 heterocycles. The number of carbonyl (C=O) groups is 1. The molecule has 0 bridgehead atoms. The zero-order valence-electron chi connectivity index (χ0n) is 12.4. The molecule has 1 aromatic heterocycles. The molecule has 0 radical (unpaired) electrons. The monoisotopic (exact) mass is 276 g/mol. The van der Waals surface area contributed by atoms with Gasteiger partial charge in [0.05, 0.1) is 5.56 Å². The average molecular weight is 276 g/mol. The van der Waals surface area contributed by atoms with Crippen molar-refractivity contribution in [3.63, 3.8) is 0 Å². The van der Waals surface area contributed by atoms with E-state index < -0.39 is 5.91 Å². The first kappa shape index (κ1) is 14.8. The van der Waals surface area contributed by atoms with Crippen LogP contribution >= 0.6 is 0 Å². The van der Waals surface area contributed by atoms with Crippen LogP contribution in [0.15, 0.2) is 12.1 Å². The Kier molecular flexibility index (Phi) is 4.95. The third-order valence-electron chi connectivity index (χ3n) is 3.88. The van der Waals surface area contributed by atoms with Crippen molar-refractivity contribution in [1.29, 1.82) is 0 Å². The van der Waals surface area contributed by atoms with E-state index in [9.17, 15) is 4.79 Å². The second-order valence-electron chi connectivity index (χ2n) is 5.43. The van der Waals surface area contributed by atoms with Crippen molar-refractivity contribution in [2.24, 2.45) is 11.7 Å². The minimum Gasteiger partial charge on any atom is -0.365 e. The summed E-state index contributed by atoms with van der Waals surface area (Å²) in [5.74, 6) is 1.06. The zero-order chi connectivity index (χ0) is 14.5. The molecule has 0 spiro atoms. The van der Waals surface area contributed by atoms with E-state index in [0.717, 1.165) is 50.5 Å². The Bertz CT molecular complexity index is 467. The summed E-state index contributed by atoms with van der Waals surface area (Å²) in [6.07, 6.45) is 2.25. The number of anilines is 1. The second kappa shape index (κ2) is 6.70. The van der Waals surface area contributed by atoms with E-state index in [1.165, 1.54) is 0 Å². The summed E-state index contributed by atoms with van der Waals surface area (Å²) in [5.41, 5.74) is 6.89. The van der Waals surface area contributed by atoms with Crippen LogP contribution in [0, 0.1) is 12.8 Å². The van der Waals surface area contributed by atoms with Gasteiger partial charge in [-0.3, -0.25) is 4.79 Å². The summed E-state index contributed by atoms with van der Waals surface area (Å²) in [5, 5.41) is 3.40.